The molecule has 0 fully saturated rings. The molecule has 25 heavy (non-hydrogen) atoms. The van der Waals surface area contributed by atoms with Gasteiger partial charge in [-0.1, -0.05) is 18.2 Å². The Balaban J connectivity index is 2.02. The molecule has 0 saturated heterocycles. The molecule has 0 aliphatic carbocycles. The zero-order valence-electron chi connectivity index (χ0n) is 13.9. The van der Waals surface area contributed by atoms with E-state index >= 15 is 0 Å². The number of furan rings is 1. The number of rotatable bonds is 6. The molecule has 1 aromatic carbocycles. The average molecular weight is 364 g/mol. The minimum atomic E-state index is -0.831. The van der Waals surface area contributed by atoms with Gasteiger partial charge in [-0.25, -0.2) is 4.79 Å². The van der Waals surface area contributed by atoms with Crippen molar-refractivity contribution in [3.05, 3.63) is 35.6 Å². The van der Waals surface area contributed by atoms with Crippen molar-refractivity contribution in [2.45, 2.75) is 19.4 Å². The van der Waals surface area contributed by atoms with Gasteiger partial charge in [-0.3, -0.25) is 20.4 Å². The van der Waals surface area contributed by atoms with Crippen LogP contribution in [0.2, 0.25) is 0 Å². The standard InChI is InChI=1S/C16H20N4O4S/c1-9-10-5-3-4-6-12(10)24-13(9)15(22)20-19-14(21)11(7-8-25-2)18-16(17)23/h3-6,11H,7-8H2,1-2H3,(H,19,21)(H,20,22)(H3,17,18,23)/t11-/m1/s1. The van der Waals surface area contributed by atoms with Gasteiger partial charge in [0.1, 0.15) is 11.6 Å². The summed E-state index contributed by atoms with van der Waals surface area (Å²) in [6.07, 6.45) is 2.26. The van der Waals surface area contributed by atoms with E-state index in [-0.39, 0.29) is 5.76 Å². The van der Waals surface area contributed by atoms with Crippen molar-refractivity contribution in [3.8, 4) is 0 Å². The van der Waals surface area contributed by atoms with Crippen molar-refractivity contribution in [1.82, 2.24) is 16.2 Å². The van der Waals surface area contributed by atoms with Crippen molar-refractivity contribution < 1.29 is 18.8 Å². The molecule has 2 aromatic rings. The third-order valence-corrected chi connectivity index (χ3v) is 4.24. The molecule has 0 saturated carbocycles. The zero-order chi connectivity index (χ0) is 18.4. The van der Waals surface area contributed by atoms with E-state index < -0.39 is 23.9 Å². The lowest BCUT2D eigenvalue weighted by atomic mass is 10.1. The molecule has 5 N–H and O–H groups in total. The smallest absolute Gasteiger partial charge is 0.312 e. The number of carbonyl (C=O) groups is 3. The Bertz CT molecular complexity index is 790. The van der Waals surface area contributed by atoms with E-state index in [0.717, 1.165) is 5.39 Å². The predicted molar refractivity (Wildman–Crippen MR) is 96.1 cm³/mol. The lowest BCUT2D eigenvalue weighted by Crippen LogP contribution is -2.53. The number of nitrogens with one attached hydrogen (secondary N) is 3. The highest BCUT2D eigenvalue weighted by molar-refractivity contribution is 7.98. The van der Waals surface area contributed by atoms with Crippen LogP contribution in [-0.2, 0) is 4.79 Å². The molecule has 4 amide bonds. The topological polar surface area (TPSA) is 126 Å². The van der Waals surface area contributed by atoms with Crippen LogP contribution in [0.15, 0.2) is 28.7 Å². The van der Waals surface area contributed by atoms with E-state index in [1.54, 1.807) is 19.1 Å². The number of amides is 4. The molecule has 0 unspecified atom stereocenters. The molecular weight excluding hydrogens is 344 g/mol. The lowest BCUT2D eigenvalue weighted by molar-refractivity contribution is -0.123. The summed E-state index contributed by atoms with van der Waals surface area (Å²) in [7, 11) is 0. The number of thioether (sulfide) groups is 1. The van der Waals surface area contributed by atoms with E-state index in [0.29, 0.717) is 23.3 Å². The number of aryl methyl sites for hydroxylation is 1. The number of nitrogens with two attached hydrogens (primary N) is 1. The Kier molecular flexibility index (Phi) is 6.29. The van der Waals surface area contributed by atoms with Gasteiger partial charge in [0, 0.05) is 10.9 Å². The van der Waals surface area contributed by atoms with Crippen LogP contribution < -0.4 is 21.9 Å². The fourth-order valence-corrected chi connectivity index (χ4v) is 2.80. The normalized spacial score (nSPS) is 11.8. The van der Waals surface area contributed by atoms with Crippen LogP contribution in [0, 0.1) is 6.92 Å². The molecule has 0 aliphatic heterocycles. The third-order valence-electron chi connectivity index (χ3n) is 3.59. The maximum atomic E-state index is 12.3. The Hall–Kier alpha value is -2.68. The molecule has 8 nitrogen and oxygen atoms in total. The molecule has 1 heterocycles. The van der Waals surface area contributed by atoms with Crippen LogP contribution in [0.1, 0.15) is 22.5 Å². The van der Waals surface area contributed by atoms with Crippen LogP contribution in [0.5, 0.6) is 0 Å². The second-order valence-electron chi connectivity index (χ2n) is 5.34. The number of urea groups is 1. The maximum absolute atomic E-state index is 12.3. The van der Waals surface area contributed by atoms with Crippen LogP contribution in [0.25, 0.3) is 11.0 Å². The van der Waals surface area contributed by atoms with Gasteiger partial charge in [-0.15, -0.1) is 0 Å². The van der Waals surface area contributed by atoms with E-state index in [9.17, 15) is 14.4 Å². The highest BCUT2D eigenvalue weighted by Crippen LogP contribution is 2.24. The van der Waals surface area contributed by atoms with Crippen LogP contribution in [0.3, 0.4) is 0 Å². The number of carbonyl (C=O) groups excluding carboxylic acids is 3. The summed E-state index contributed by atoms with van der Waals surface area (Å²) in [5.41, 5.74) is 10.9. The first-order valence-corrected chi connectivity index (χ1v) is 8.96. The summed E-state index contributed by atoms with van der Waals surface area (Å²) in [5, 5.41) is 3.18. The fraction of sp³-hybridized carbons (Fsp3) is 0.312. The molecule has 0 aliphatic rings. The summed E-state index contributed by atoms with van der Waals surface area (Å²) in [6.45, 7) is 1.76. The molecule has 134 valence electrons. The fourth-order valence-electron chi connectivity index (χ4n) is 2.33. The first-order chi connectivity index (χ1) is 11.9. The number of fused-ring (bicyclic) bond motifs is 1. The molecular formula is C16H20N4O4S. The van der Waals surface area contributed by atoms with Gasteiger partial charge in [-0.2, -0.15) is 11.8 Å². The number of primary amides is 1. The van der Waals surface area contributed by atoms with Gasteiger partial charge in [0.05, 0.1) is 0 Å². The summed E-state index contributed by atoms with van der Waals surface area (Å²) >= 11 is 1.53. The quantitative estimate of drug-likeness (QED) is 0.575. The number of hydrazine groups is 1. The van der Waals surface area contributed by atoms with E-state index in [1.807, 2.05) is 18.4 Å². The minimum absolute atomic E-state index is 0.116. The number of hydrogen-bond acceptors (Lipinski definition) is 5. The Morgan fingerprint density at radius 3 is 2.60 bits per heavy atom. The van der Waals surface area contributed by atoms with Crippen molar-refractivity contribution in [2.75, 3.05) is 12.0 Å². The Morgan fingerprint density at radius 2 is 1.96 bits per heavy atom. The highest BCUT2D eigenvalue weighted by Gasteiger charge is 2.22. The number of hydrogen-bond donors (Lipinski definition) is 4. The van der Waals surface area contributed by atoms with Gasteiger partial charge in [0.15, 0.2) is 5.76 Å². The van der Waals surface area contributed by atoms with Gasteiger partial charge in [0.25, 0.3) is 5.91 Å². The molecule has 1 atom stereocenters. The third kappa shape index (κ3) is 4.66. The molecule has 0 radical (unpaired) electrons. The van der Waals surface area contributed by atoms with Gasteiger partial charge >= 0.3 is 11.9 Å². The molecule has 9 heteroatoms. The highest BCUT2D eigenvalue weighted by atomic mass is 32.2. The largest absolute Gasteiger partial charge is 0.451 e. The van der Waals surface area contributed by atoms with E-state index in [4.69, 9.17) is 10.2 Å². The summed E-state index contributed by atoms with van der Waals surface area (Å²) in [4.78, 5) is 35.4. The van der Waals surface area contributed by atoms with E-state index in [2.05, 4.69) is 16.2 Å². The van der Waals surface area contributed by atoms with Gasteiger partial charge < -0.3 is 15.5 Å². The van der Waals surface area contributed by atoms with Gasteiger partial charge in [-0.05, 0) is 31.4 Å². The summed E-state index contributed by atoms with van der Waals surface area (Å²) < 4.78 is 5.53. The molecule has 1 aromatic heterocycles. The van der Waals surface area contributed by atoms with Crippen molar-refractivity contribution in [1.29, 1.82) is 0 Å². The van der Waals surface area contributed by atoms with Crippen LogP contribution >= 0.6 is 11.8 Å². The first kappa shape index (κ1) is 18.7. The molecule has 2 rings (SSSR count). The van der Waals surface area contributed by atoms with Crippen LogP contribution in [-0.4, -0.2) is 35.9 Å². The zero-order valence-corrected chi connectivity index (χ0v) is 14.7. The summed E-state index contributed by atoms with van der Waals surface area (Å²) in [5.74, 6) is -0.376. The Labute approximate surface area is 148 Å². The summed E-state index contributed by atoms with van der Waals surface area (Å²) in [6, 6.07) is 5.62. The van der Waals surface area contributed by atoms with Crippen molar-refractivity contribution >= 4 is 40.6 Å². The van der Waals surface area contributed by atoms with Crippen molar-refractivity contribution in [2.24, 2.45) is 5.73 Å². The van der Waals surface area contributed by atoms with Gasteiger partial charge in [0.2, 0.25) is 0 Å². The monoisotopic (exact) mass is 364 g/mol. The first-order valence-electron chi connectivity index (χ1n) is 7.57. The second kappa shape index (κ2) is 8.43. The number of para-hydroxylation sites is 1. The minimum Gasteiger partial charge on any atom is -0.451 e. The SMILES string of the molecule is CSCC[C@@H](NC(N)=O)C(=O)NNC(=O)c1oc2ccccc2c1C. The van der Waals surface area contributed by atoms with E-state index in [1.165, 1.54) is 11.8 Å². The second-order valence-corrected chi connectivity index (χ2v) is 6.32. The molecule has 0 spiro atoms. The van der Waals surface area contributed by atoms with Crippen LogP contribution in [0.4, 0.5) is 4.79 Å². The molecule has 0 bridgehead atoms. The average Bonchev–Trinajstić information content (AvgIpc) is 2.93. The number of benzene rings is 1. The predicted octanol–water partition coefficient (Wildman–Crippen LogP) is 1.29. The lowest BCUT2D eigenvalue weighted by Gasteiger charge is -2.16. The van der Waals surface area contributed by atoms with Crippen molar-refractivity contribution in [3.63, 3.8) is 0 Å². The Morgan fingerprint density at radius 1 is 1.24 bits per heavy atom. The maximum Gasteiger partial charge on any atom is 0.312 e.